The van der Waals surface area contributed by atoms with E-state index in [-0.39, 0.29) is 35.6 Å². The molecule has 1 aromatic heterocycles. The Bertz CT molecular complexity index is 1260. The lowest BCUT2D eigenvalue weighted by molar-refractivity contribution is -0.302. The minimum Gasteiger partial charge on any atom is -0.451 e. The van der Waals surface area contributed by atoms with Crippen molar-refractivity contribution in [2.45, 2.75) is 78.5 Å². The number of aromatic nitrogens is 1. The average Bonchev–Trinajstić information content (AvgIpc) is 3.09. The van der Waals surface area contributed by atoms with Gasteiger partial charge in [0.1, 0.15) is 14.6 Å². The number of rotatable bonds is 2. The fraction of sp³-hybridized carbons (Fsp3) is 0.679. The largest absolute Gasteiger partial charge is 0.451 e. The van der Waals surface area contributed by atoms with Crippen molar-refractivity contribution in [2.75, 3.05) is 6.61 Å². The second kappa shape index (κ2) is 7.96. The lowest BCUT2D eigenvalue weighted by Gasteiger charge is -2.52. The number of carbonyl (C=O) groups excluding carboxylic acids is 2. The summed E-state index contributed by atoms with van der Waals surface area (Å²) in [7, 11) is 0. The molecule has 5 aliphatic rings. The number of hydrogen-bond acceptors (Lipinski definition) is 8. The Hall–Kier alpha value is -1.14. The molecule has 0 aromatic carbocycles. The highest BCUT2D eigenvalue weighted by atomic mass is 127. The first-order valence-electron chi connectivity index (χ1n) is 13.0. The number of carbonyl (C=O) groups is 2. The van der Waals surface area contributed by atoms with Crippen molar-refractivity contribution < 1.29 is 28.9 Å². The molecule has 0 amide bonds. The first kappa shape index (κ1) is 26.1. The van der Waals surface area contributed by atoms with Gasteiger partial charge in [-0.05, 0) is 103 Å². The topological polar surface area (TPSA) is 95.0 Å². The predicted molar refractivity (Wildman–Crippen MR) is 146 cm³/mol. The maximum atomic E-state index is 14.7. The Labute approximate surface area is 235 Å². The highest BCUT2D eigenvalue weighted by Gasteiger charge is 2.77. The number of aryl methyl sites for hydroxylation is 1. The minimum absolute atomic E-state index is 0.00439. The highest BCUT2D eigenvalue weighted by Crippen LogP contribution is 2.72. The molecule has 7 nitrogen and oxygen atoms in total. The van der Waals surface area contributed by atoms with Crippen molar-refractivity contribution in [1.29, 1.82) is 0 Å². The number of aliphatic hydroxyl groups is 1. The van der Waals surface area contributed by atoms with Gasteiger partial charge in [0.15, 0.2) is 23.3 Å². The number of Topliss-reactive ketones (excluding diaryl/α,β-unsaturated/α-hetero) is 1. The van der Waals surface area contributed by atoms with Crippen LogP contribution in [0.25, 0.3) is 0 Å². The molecule has 1 saturated heterocycles. The van der Waals surface area contributed by atoms with E-state index in [2.05, 4.69) is 47.7 Å². The molecule has 200 valence electrons. The SMILES string of the molecule is CC1=C[C@]23C(=O)[C@@H](C=C4COC(C)(C)O[C@H]4C2(O)[C@H]1OC(=O)c1c(C)nsc1I)[C@H]1[C@@H](C[C@H]3C)C1(C)C. The molecule has 2 bridgehead atoms. The third kappa shape index (κ3) is 3.30. The third-order valence-corrected chi connectivity index (χ3v) is 11.8. The maximum absolute atomic E-state index is 14.7. The summed E-state index contributed by atoms with van der Waals surface area (Å²) in [5.41, 5.74) is -0.589. The van der Waals surface area contributed by atoms with E-state index in [1.807, 2.05) is 32.9 Å². The normalized spacial score (nSPS) is 42.9. The average molecular weight is 640 g/mol. The Morgan fingerprint density at radius 3 is 2.62 bits per heavy atom. The zero-order valence-corrected chi connectivity index (χ0v) is 25.2. The Kier molecular flexibility index (Phi) is 5.62. The van der Waals surface area contributed by atoms with Gasteiger partial charge in [0.25, 0.3) is 0 Å². The van der Waals surface area contributed by atoms with Gasteiger partial charge >= 0.3 is 5.97 Å². The zero-order chi connectivity index (χ0) is 26.9. The minimum atomic E-state index is -1.81. The summed E-state index contributed by atoms with van der Waals surface area (Å²) in [5, 5.41) is 13.0. The van der Waals surface area contributed by atoms with E-state index in [4.69, 9.17) is 14.2 Å². The van der Waals surface area contributed by atoms with Crippen LogP contribution in [0.2, 0.25) is 0 Å². The van der Waals surface area contributed by atoms with Crippen LogP contribution in [0.4, 0.5) is 0 Å². The fourth-order valence-corrected chi connectivity index (χ4v) is 9.57. The molecule has 0 radical (unpaired) electrons. The number of nitrogens with zero attached hydrogens (tertiary/aromatic N) is 1. The molecule has 6 rings (SSSR count). The van der Waals surface area contributed by atoms with Gasteiger partial charge in [0.2, 0.25) is 0 Å². The van der Waals surface area contributed by atoms with E-state index in [0.29, 0.717) is 22.7 Å². The number of ether oxygens (including phenoxy) is 3. The number of fused-ring (bicyclic) bond motifs is 5. The molecule has 1 N–H and O–H groups in total. The molecule has 1 aromatic rings. The Morgan fingerprint density at radius 1 is 1.27 bits per heavy atom. The van der Waals surface area contributed by atoms with E-state index in [1.165, 1.54) is 11.5 Å². The number of hydrogen-bond donors (Lipinski definition) is 1. The molecular weight excluding hydrogens is 605 g/mol. The number of esters is 1. The second-order valence-corrected chi connectivity index (χ2v) is 15.3. The van der Waals surface area contributed by atoms with E-state index < -0.39 is 35.0 Å². The highest BCUT2D eigenvalue weighted by molar-refractivity contribution is 14.1. The van der Waals surface area contributed by atoms with Crippen LogP contribution in [-0.2, 0) is 19.0 Å². The summed E-state index contributed by atoms with van der Waals surface area (Å²) in [5.74, 6) is -1.47. The van der Waals surface area contributed by atoms with E-state index in [1.54, 1.807) is 6.92 Å². The van der Waals surface area contributed by atoms with Crippen molar-refractivity contribution in [3.05, 3.63) is 37.4 Å². The lowest BCUT2D eigenvalue weighted by Crippen LogP contribution is -2.68. The summed E-state index contributed by atoms with van der Waals surface area (Å²) in [6, 6.07) is 0. The molecule has 4 aliphatic carbocycles. The van der Waals surface area contributed by atoms with Gasteiger partial charge in [-0.1, -0.05) is 32.9 Å². The number of ketones is 1. The standard InChI is InChI=1S/C28H34INO6S/c1-12-10-27-13(2)8-17-19(25(17,4)5)16(20(27)31)9-15-11-34-26(6,7)36-22(15)28(27,33)21(12)35-24(32)18-14(3)30-37-23(18)29/h9-10,13,16-17,19,21-22,33H,8,11H2,1-7H3/t13-,16+,17-,19+,21+,22-,27+,28?/m1/s1. The molecule has 37 heavy (non-hydrogen) atoms. The number of halogens is 1. The van der Waals surface area contributed by atoms with E-state index in [9.17, 15) is 14.7 Å². The Morgan fingerprint density at radius 2 is 1.97 bits per heavy atom. The van der Waals surface area contributed by atoms with Crippen LogP contribution in [0.3, 0.4) is 0 Å². The molecule has 1 aliphatic heterocycles. The van der Waals surface area contributed by atoms with Gasteiger partial charge in [0.05, 0.1) is 17.7 Å². The molecule has 9 heteroatoms. The van der Waals surface area contributed by atoms with Gasteiger partial charge < -0.3 is 19.3 Å². The lowest BCUT2D eigenvalue weighted by atomic mass is 9.59. The van der Waals surface area contributed by atoms with Crippen LogP contribution < -0.4 is 0 Å². The number of allylic oxidation sites excluding steroid dienone is 1. The molecule has 1 spiro atoms. The van der Waals surface area contributed by atoms with E-state index >= 15 is 0 Å². The van der Waals surface area contributed by atoms with Crippen LogP contribution in [0.1, 0.15) is 64.0 Å². The quantitative estimate of drug-likeness (QED) is 0.281. The van der Waals surface area contributed by atoms with Gasteiger partial charge in [-0.2, -0.15) is 4.37 Å². The maximum Gasteiger partial charge on any atom is 0.342 e. The van der Waals surface area contributed by atoms with Crippen LogP contribution in [0.5, 0.6) is 0 Å². The van der Waals surface area contributed by atoms with Crippen LogP contribution in [0, 0.1) is 44.3 Å². The smallest absolute Gasteiger partial charge is 0.342 e. The van der Waals surface area contributed by atoms with Crippen molar-refractivity contribution in [1.82, 2.24) is 4.37 Å². The molecular formula is C28H34INO6S. The monoisotopic (exact) mass is 639 g/mol. The second-order valence-electron chi connectivity index (χ2n) is 12.7. The van der Waals surface area contributed by atoms with E-state index in [0.717, 1.165) is 14.9 Å². The van der Waals surface area contributed by atoms with Gasteiger partial charge in [0, 0.05) is 5.92 Å². The van der Waals surface area contributed by atoms with Crippen LogP contribution in [0.15, 0.2) is 23.3 Å². The molecule has 2 saturated carbocycles. The predicted octanol–water partition coefficient (Wildman–Crippen LogP) is 4.85. The third-order valence-electron chi connectivity index (χ3n) is 9.92. The van der Waals surface area contributed by atoms with Crippen molar-refractivity contribution in [3.63, 3.8) is 0 Å². The van der Waals surface area contributed by atoms with Gasteiger partial charge in [-0.3, -0.25) is 4.79 Å². The summed E-state index contributed by atoms with van der Waals surface area (Å²) >= 11 is 3.32. The van der Waals surface area contributed by atoms with Gasteiger partial charge in [-0.25, -0.2) is 4.79 Å². The zero-order valence-electron chi connectivity index (χ0n) is 22.3. The van der Waals surface area contributed by atoms with Gasteiger partial charge in [-0.15, -0.1) is 0 Å². The van der Waals surface area contributed by atoms with Crippen molar-refractivity contribution in [2.24, 2.45) is 34.5 Å². The first-order valence-corrected chi connectivity index (χ1v) is 14.8. The summed E-state index contributed by atoms with van der Waals surface area (Å²) in [4.78, 5) is 28.2. The summed E-state index contributed by atoms with van der Waals surface area (Å²) < 4.78 is 23.7. The molecule has 3 fully saturated rings. The molecule has 1 unspecified atom stereocenters. The summed E-state index contributed by atoms with van der Waals surface area (Å²) in [6.45, 7) is 14.0. The Balaban J connectivity index is 1.53. The van der Waals surface area contributed by atoms with Crippen molar-refractivity contribution >= 4 is 45.9 Å². The van der Waals surface area contributed by atoms with Crippen LogP contribution in [-0.4, -0.2) is 51.4 Å². The molecule has 8 atom stereocenters. The van der Waals surface area contributed by atoms with Crippen LogP contribution >= 0.6 is 34.1 Å². The first-order chi connectivity index (χ1) is 17.2. The van der Waals surface area contributed by atoms with Crippen molar-refractivity contribution in [3.8, 4) is 0 Å². The molecule has 2 heterocycles. The summed E-state index contributed by atoms with van der Waals surface area (Å²) in [6.07, 6.45) is 2.83. The fourth-order valence-electron chi connectivity index (χ4n) is 8.04.